The fourth-order valence-electron chi connectivity index (χ4n) is 2.31. The van der Waals surface area contributed by atoms with Crippen LogP contribution in [0.15, 0.2) is 49.1 Å². The number of para-hydroxylation sites is 1. The van der Waals surface area contributed by atoms with Gasteiger partial charge in [-0.3, -0.25) is 4.79 Å². The normalized spacial score (nSPS) is 10.4. The summed E-state index contributed by atoms with van der Waals surface area (Å²) in [4.78, 5) is 16.6. The lowest BCUT2D eigenvalue weighted by atomic mass is 10.1. The number of benzene rings is 2. The molecule has 1 amide bonds. The quantitative estimate of drug-likeness (QED) is 0.757. The molecule has 0 saturated heterocycles. The van der Waals surface area contributed by atoms with Crippen molar-refractivity contribution < 1.29 is 14.3 Å². The van der Waals surface area contributed by atoms with Crippen molar-refractivity contribution in [3.63, 3.8) is 0 Å². The Labute approximate surface area is 149 Å². The van der Waals surface area contributed by atoms with Crippen LogP contribution < -0.4 is 14.8 Å². The van der Waals surface area contributed by atoms with E-state index in [4.69, 9.17) is 21.1 Å². The zero-order valence-electron chi connectivity index (χ0n) is 13.6. The maximum absolute atomic E-state index is 12.7. The highest BCUT2D eigenvalue weighted by atomic mass is 35.5. The van der Waals surface area contributed by atoms with Gasteiger partial charge in [0, 0.05) is 11.6 Å². The number of ether oxygens (including phenoxy) is 2. The third kappa shape index (κ3) is 3.56. The van der Waals surface area contributed by atoms with Crippen molar-refractivity contribution in [3.05, 3.63) is 59.6 Å². The molecule has 2 aromatic carbocycles. The minimum Gasteiger partial charge on any atom is -0.497 e. The lowest BCUT2D eigenvalue weighted by molar-refractivity contribution is 0.102. The van der Waals surface area contributed by atoms with Crippen molar-refractivity contribution in [1.82, 2.24) is 14.8 Å². The minimum absolute atomic E-state index is 0.333. The van der Waals surface area contributed by atoms with Crippen LogP contribution in [0.3, 0.4) is 0 Å². The first-order valence-electron chi connectivity index (χ1n) is 7.30. The molecule has 7 nitrogen and oxygen atoms in total. The molecule has 0 radical (unpaired) electrons. The van der Waals surface area contributed by atoms with Crippen molar-refractivity contribution in [2.24, 2.45) is 0 Å². The maximum Gasteiger partial charge on any atom is 0.255 e. The second kappa shape index (κ2) is 7.23. The number of amides is 1. The molecule has 25 heavy (non-hydrogen) atoms. The Kier molecular flexibility index (Phi) is 4.85. The van der Waals surface area contributed by atoms with E-state index in [0.29, 0.717) is 33.5 Å². The second-order valence-electron chi connectivity index (χ2n) is 5.03. The van der Waals surface area contributed by atoms with Crippen molar-refractivity contribution >= 4 is 23.2 Å². The first kappa shape index (κ1) is 16.8. The van der Waals surface area contributed by atoms with Gasteiger partial charge in [0.15, 0.2) is 0 Å². The smallest absolute Gasteiger partial charge is 0.255 e. The fourth-order valence-corrected chi connectivity index (χ4v) is 2.57. The Bertz CT molecular complexity index is 875. The summed E-state index contributed by atoms with van der Waals surface area (Å²) in [6.07, 6.45) is 2.90. The number of aromatic nitrogens is 3. The molecule has 8 heteroatoms. The number of nitrogens with zero attached hydrogens (tertiary/aromatic N) is 3. The monoisotopic (exact) mass is 358 g/mol. The van der Waals surface area contributed by atoms with Crippen molar-refractivity contribution in [1.29, 1.82) is 0 Å². The van der Waals surface area contributed by atoms with Gasteiger partial charge in [-0.05, 0) is 24.3 Å². The van der Waals surface area contributed by atoms with E-state index >= 15 is 0 Å². The zero-order chi connectivity index (χ0) is 17.8. The Morgan fingerprint density at radius 1 is 1.16 bits per heavy atom. The van der Waals surface area contributed by atoms with Crippen LogP contribution in [0.2, 0.25) is 5.02 Å². The molecule has 0 aliphatic heterocycles. The van der Waals surface area contributed by atoms with Crippen LogP contribution in [0.1, 0.15) is 10.4 Å². The standard InChI is InChI=1S/C17H15ClN4O3/c1-24-12-6-11(7-13(8-12)25-2)17(23)21-15-5-3-4-14(18)16(15)22-10-19-9-20-22/h3-10H,1-2H3,(H,21,23). The number of anilines is 1. The summed E-state index contributed by atoms with van der Waals surface area (Å²) < 4.78 is 11.9. The van der Waals surface area contributed by atoms with Crippen molar-refractivity contribution in [2.45, 2.75) is 0 Å². The van der Waals surface area contributed by atoms with E-state index in [9.17, 15) is 4.79 Å². The third-order valence-electron chi connectivity index (χ3n) is 3.50. The predicted octanol–water partition coefficient (Wildman–Crippen LogP) is 3.19. The molecular formula is C17H15ClN4O3. The maximum atomic E-state index is 12.7. The van der Waals surface area contributed by atoms with E-state index in [1.807, 2.05) is 0 Å². The predicted molar refractivity (Wildman–Crippen MR) is 93.9 cm³/mol. The van der Waals surface area contributed by atoms with Gasteiger partial charge in [-0.15, -0.1) is 0 Å². The highest BCUT2D eigenvalue weighted by molar-refractivity contribution is 6.33. The molecule has 0 atom stereocenters. The molecule has 3 rings (SSSR count). The number of rotatable bonds is 5. The Hall–Kier alpha value is -3.06. The van der Waals surface area contributed by atoms with Crippen molar-refractivity contribution in [3.8, 4) is 17.2 Å². The fraction of sp³-hybridized carbons (Fsp3) is 0.118. The van der Waals surface area contributed by atoms with E-state index in [1.54, 1.807) is 36.4 Å². The molecule has 3 aromatic rings. The zero-order valence-corrected chi connectivity index (χ0v) is 14.3. The summed E-state index contributed by atoms with van der Waals surface area (Å²) in [5, 5.41) is 7.34. The molecule has 0 aliphatic rings. The summed E-state index contributed by atoms with van der Waals surface area (Å²) in [5.74, 6) is 0.708. The average molecular weight is 359 g/mol. The number of methoxy groups -OCH3 is 2. The molecule has 0 spiro atoms. The van der Waals surface area contributed by atoms with E-state index in [0.717, 1.165) is 0 Å². The van der Waals surface area contributed by atoms with Gasteiger partial charge in [-0.1, -0.05) is 17.7 Å². The van der Waals surface area contributed by atoms with E-state index in [-0.39, 0.29) is 5.91 Å². The summed E-state index contributed by atoms with van der Waals surface area (Å²) >= 11 is 6.27. The molecule has 0 saturated carbocycles. The molecule has 0 aliphatic carbocycles. The SMILES string of the molecule is COc1cc(OC)cc(C(=O)Nc2cccc(Cl)c2-n2cncn2)c1. The van der Waals surface area contributed by atoms with Gasteiger partial charge in [0.25, 0.3) is 5.91 Å². The van der Waals surface area contributed by atoms with Gasteiger partial charge in [0.2, 0.25) is 0 Å². The summed E-state index contributed by atoms with van der Waals surface area (Å²) in [7, 11) is 3.05. The van der Waals surface area contributed by atoms with Gasteiger partial charge in [-0.25, -0.2) is 9.67 Å². The topological polar surface area (TPSA) is 78.3 Å². The van der Waals surface area contributed by atoms with Gasteiger partial charge in [0.1, 0.15) is 29.8 Å². The highest BCUT2D eigenvalue weighted by Crippen LogP contribution is 2.29. The van der Waals surface area contributed by atoms with Crippen LogP contribution in [0, 0.1) is 0 Å². The number of hydrogen-bond donors (Lipinski definition) is 1. The number of hydrogen-bond acceptors (Lipinski definition) is 5. The first-order chi connectivity index (χ1) is 12.1. The Morgan fingerprint density at radius 3 is 2.48 bits per heavy atom. The molecule has 1 aromatic heterocycles. The Morgan fingerprint density at radius 2 is 1.88 bits per heavy atom. The molecule has 128 valence electrons. The van der Waals surface area contributed by atoms with E-state index in [1.165, 1.54) is 31.6 Å². The van der Waals surface area contributed by atoms with Gasteiger partial charge in [-0.2, -0.15) is 5.10 Å². The van der Waals surface area contributed by atoms with Crippen LogP contribution >= 0.6 is 11.6 Å². The number of halogens is 1. The van der Waals surface area contributed by atoms with Crippen molar-refractivity contribution in [2.75, 3.05) is 19.5 Å². The van der Waals surface area contributed by atoms with Crippen LogP contribution in [-0.2, 0) is 0 Å². The largest absolute Gasteiger partial charge is 0.497 e. The molecule has 0 unspecified atom stereocenters. The molecular weight excluding hydrogens is 344 g/mol. The lowest BCUT2D eigenvalue weighted by Crippen LogP contribution is -2.14. The van der Waals surface area contributed by atoms with E-state index in [2.05, 4.69) is 15.4 Å². The van der Waals surface area contributed by atoms with Gasteiger partial charge in [0.05, 0.1) is 24.9 Å². The van der Waals surface area contributed by atoms with Gasteiger partial charge >= 0.3 is 0 Å². The third-order valence-corrected chi connectivity index (χ3v) is 3.80. The first-order valence-corrected chi connectivity index (χ1v) is 7.68. The molecule has 0 fully saturated rings. The van der Waals surface area contributed by atoms with Gasteiger partial charge < -0.3 is 14.8 Å². The second-order valence-corrected chi connectivity index (χ2v) is 5.44. The number of carbonyl (C=O) groups is 1. The number of nitrogens with one attached hydrogen (secondary N) is 1. The summed E-state index contributed by atoms with van der Waals surface area (Å²) in [6, 6.07) is 10.1. The molecule has 1 N–H and O–H groups in total. The summed E-state index contributed by atoms with van der Waals surface area (Å²) in [5.41, 5.74) is 1.43. The molecule has 1 heterocycles. The van der Waals surface area contributed by atoms with Crippen LogP contribution in [0.4, 0.5) is 5.69 Å². The van der Waals surface area contributed by atoms with E-state index < -0.39 is 0 Å². The van der Waals surface area contributed by atoms with Crippen LogP contribution in [0.5, 0.6) is 11.5 Å². The molecule has 0 bridgehead atoms. The lowest BCUT2D eigenvalue weighted by Gasteiger charge is -2.13. The average Bonchev–Trinajstić information content (AvgIpc) is 3.15. The number of carbonyl (C=O) groups excluding carboxylic acids is 1. The Balaban J connectivity index is 1.96. The highest BCUT2D eigenvalue weighted by Gasteiger charge is 2.15. The van der Waals surface area contributed by atoms with Crippen LogP contribution in [-0.4, -0.2) is 34.9 Å². The summed E-state index contributed by atoms with van der Waals surface area (Å²) in [6.45, 7) is 0. The minimum atomic E-state index is -0.333. The van der Waals surface area contributed by atoms with Crippen LogP contribution in [0.25, 0.3) is 5.69 Å².